The summed E-state index contributed by atoms with van der Waals surface area (Å²) in [4.78, 5) is 21.8. The lowest BCUT2D eigenvalue weighted by Crippen LogP contribution is -2.51. The molecule has 8 nitrogen and oxygen atoms in total. The monoisotopic (exact) mass is 586 g/mol. The molecule has 0 N–H and O–H groups in total. The molecule has 39 heavy (non-hydrogen) atoms. The van der Waals surface area contributed by atoms with Gasteiger partial charge in [0.25, 0.3) is 0 Å². The van der Waals surface area contributed by atoms with Crippen molar-refractivity contribution in [2.45, 2.75) is 38.3 Å². The molecule has 2 aliphatic rings. The van der Waals surface area contributed by atoms with Gasteiger partial charge >= 0.3 is 5.97 Å². The van der Waals surface area contributed by atoms with Crippen molar-refractivity contribution in [1.29, 1.82) is 0 Å². The maximum Gasteiger partial charge on any atom is 0.338 e. The van der Waals surface area contributed by atoms with Gasteiger partial charge < -0.3 is 18.9 Å². The summed E-state index contributed by atoms with van der Waals surface area (Å²) in [6.45, 7) is 5.40. The lowest BCUT2D eigenvalue weighted by atomic mass is 10.0. The Morgan fingerprint density at radius 2 is 1.95 bits per heavy atom. The van der Waals surface area contributed by atoms with E-state index in [0.717, 1.165) is 70.4 Å². The molecule has 1 aliphatic carbocycles. The van der Waals surface area contributed by atoms with E-state index in [2.05, 4.69) is 21.9 Å². The van der Waals surface area contributed by atoms with E-state index >= 15 is 0 Å². The summed E-state index contributed by atoms with van der Waals surface area (Å²) < 4.78 is 17.2. The average molecular weight is 588 g/mol. The summed E-state index contributed by atoms with van der Waals surface area (Å²) in [7, 11) is 2.96. The largest absolute Gasteiger partial charge is 0.494 e. The van der Waals surface area contributed by atoms with Crippen molar-refractivity contribution < 1.29 is 18.8 Å². The van der Waals surface area contributed by atoms with E-state index < -0.39 is 5.97 Å². The van der Waals surface area contributed by atoms with Crippen LogP contribution in [0.2, 0.25) is 10.0 Å². The summed E-state index contributed by atoms with van der Waals surface area (Å²) in [6, 6.07) is 9.21. The highest BCUT2D eigenvalue weighted by molar-refractivity contribution is 7.22. The number of methoxy groups -OCH3 is 2. The second kappa shape index (κ2) is 10.6. The minimum Gasteiger partial charge on any atom is -0.494 e. The van der Waals surface area contributed by atoms with Crippen LogP contribution in [0, 0.1) is 0 Å². The Kier molecular flexibility index (Phi) is 7.18. The summed E-state index contributed by atoms with van der Waals surface area (Å²) in [5, 5.41) is 6.49. The Hall–Kier alpha value is -2.85. The summed E-state index contributed by atoms with van der Waals surface area (Å²) >= 11 is 14.7. The molecule has 0 bridgehead atoms. The van der Waals surface area contributed by atoms with Crippen molar-refractivity contribution in [2.24, 2.45) is 0 Å². The predicted octanol–water partition coefficient (Wildman–Crippen LogP) is 6.64. The molecule has 2 fully saturated rings. The third-order valence-electron chi connectivity index (χ3n) is 7.39. The first kappa shape index (κ1) is 26.4. The van der Waals surface area contributed by atoms with Crippen LogP contribution in [0.1, 0.15) is 47.4 Å². The number of piperazine rings is 1. The Labute approximate surface area is 240 Å². The lowest BCUT2D eigenvalue weighted by molar-refractivity contribution is 0.0600. The molecular formula is C28H28Cl2N4O4S. The van der Waals surface area contributed by atoms with Gasteiger partial charge in [0.2, 0.25) is 0 Å². The molecule has 0 amide bonds. The summed E-state index contributed by atoms with van der Waals surface area (Å²) in [5.41, 5.74) is 3.74. The Morgan fingerprint density at radius 3 is 2.62 bits per heavy atom. The molecule has 2 aromatic carbocycles. The Balaban J connectivity index is 1.25. The number of carbonyl (C=O) groups is 1. The maximum absolute atomic E-state index is 12.1. The van der Waals surface area contributed by atoms with E-state index in [0.29, 0.717) is 33.8 Å². The number of thiazole rings is 1. The van der Waals surface area contributed by atoms with Crippen molar-refractivity contribution in [3.05, 3.63) is 57.3 Å². The van der Waals surface area contributed by atoms with Crippen molar-refractivity contribution in [3.8, 4) is 17.0 Å². The smallest absolute Gasteiger partial charge is 0.338 e. The van der Waals surface area contributed by atoms with Crippen LogP contribution in [0.15, 0.2) is 34.9 Å². The second-order valence-electron chi connectivity index (χ2n) is 10.0. The first-order valence-electron chi connectivity index (χ1n) is 12.9. The second-order valence-corrected chi connectivity index (χ2v) is 11.9. The summed E-state index contributed by atoms with van der Waals surface area (Å²) in [5.74, 6) is 1.53. The fraction of sp³-hybridized carbons (Fsp3) is 0.393. The number of hydrogen-bond donors (Lipinski definition) is 0. The molecule has 204 valence electrons. The number of carbonyl (C=O) groups excluding carboxylic acids is 1. The quantitative estimate of drug-likeness (QED) is 0.223. The molecule has 1 saturated heterocycles. The standard InChI is InChI=1S/C28H28Cl2N4O4S/c1-15-13-33(14-18-24(32-38-26(18)16-7-8-16)23-19(29)5-4-6-20(23)30)9-10-34(15)28-31-25-21(36-2)11-17(27(35)37-3)12-22(25)39-28/h4-6,11-12,15-16H,7-10,13-14H2,1-3H3/t15-/m0/s1. The van der Waals surface area contributed by atoms with Crippen LogP contribution >= 0.6 is 34.5 Å². The van der Waals surface area contributed by atoms with Crippen LogP contribution in [0.4, 0.5) is 5.13 Å². The van der Waals surface area contributed by atoms with Gasteiger partial charge in [-0.2, -0.15) is 0 Å². The first-order chi connectivity index (χ1) is 18.9. The van der Waals surface area contributed by atoms with E-state index in [1.807, 2.05) is 24.3 Å². The first-order valence-corrected chi connectivity index (χ1v) is 14.4. The van der Waals surface area contributed by atoms with E-state index in [9.17, 15) is 4.79 Å². The number of anilines is 1. The van der Waals surface area contributed by atoms with Gasteiger partial charge in [0.15, 0.2) is 5.13 Å². The molecule has 11 heteroatoms. The van der Waals surface area contributed by atoms with E-state index in [-0.39, 0.29) is 6.04 Å². The molecule has 0 unspecified atom stereocenters. The van der Waals surface area contributed by atoms with Gasteiger partial charge in [-0.3, -0.25) is 4.90 Å². The van der Waals surface area contributed by atoms with Crippen LogP contribution in [-0.2, 0) is 11.3 Å². The average Bonchev–Trinajstić information content (AvgIpc) is 3.55. The number of aromatic nitrogens is 2. The minimum atomic E-state index is -0.399. The molecule has 1 atom stereocenters. The highest BCUT2D eigenvalue weighted by atomic mass is 35.5. The van der Waals surface area contributed by atoms with Crippen molar-refractivity contribution in [2.75, 3.05) is 38.8 Å². The van der Waals surface area contributed by atoms with Gasteiger partial charge in [0, 0.05) is 49.3 Å². The molecule has 6 rings (SSSR count). The third kappa shape index (κ3) is 4.97. The zero-order chi connectivity index (χ0) is 27.3. The summed E-state index contributed by atoms with van der Waals surface area (Å²) in [6.07, 6.45) is 2.22. The number of fused-ring (bicyclic) bond motifs is 1. The highest BCUT2D eigenvalue weighted by Gasteiger charge is 2.35. The van der Waals surface area contributed by atoms with Gasteiger partial charge in [-0.05, 0) is 44.0 Å². The van der Waals surface area contributed by atoms with Gasteiger partial charge in [0.1, 0.15) is 22.7 Å². The Bertz CT molecular complexity index is 1530. The molecule has 0 spiro atoms. The zero-order valence-electron chi connectivity index (χ0n) is 21.9. The molecule has 2 aromatic heterocycles. The molecule has 1 aliphatic heterocycles. The van der Waals surface area contributed by atoms with Crippen LogP contribution in [0.3, 0.4) is 0 Å². The molecule has 3 heterocycles. The number of ether oxygens (including phenoxy) is 2. The van der Waals surface area contributed by atoms with Gasteiger partial charge in [-0.1, -0.05) is 45.8 Å². The predicted molar refractivity (Wildman–Crippen MR) is 154 cm³/mol. The SMILES string of the molecule is COC(=O)c1cc(OC)c2nc(N3CCN(Cc4c(-c5c(Cl)cccc5Cl)noc4C4CC4)C[C@@H]3C)sc2c1. The van der Waals surface area contributed by atoms with Crippen LogP contribution in [-0.4, -0.2) is 60.9 Å². The fourth-order valence-corrected chi connectivity index (χ4v) is 6.97. The topological polar surface area (TPSA) is 80.9 Å². The van der Waals surface area contributed by atoms with Gasteiger partial charge in [-0.15, -0.1) is 0 Å². The van der Waals surface area contributed by atoms with Gasteiger partial charge in [-0.25, -0.2) is 9.78 Å². The number of esters is 1. The van der Waals surface area contributed by atoms with Crippen LogP contribution in [0.5, 0.6) is 5.75 Å². The number of hydrogen-bond acceptors (Lipinski definition) is 9. The van der Waals surface area contributed by atoms with Crippen LogP contribution in [0.25, 0.3) is 21.5 Å². The van der Waals surface area contributed by atoms with Gasteiger partial charge in [0.05, 0.1) is 34.5 Å². The molecule has 1 saturated carbocycles. The van der Waals surface area contributed by atoms with E-state index in [4.69, 9.17) is 42.2 Å². The highest BCUT2D eigenvalue weighted by Crippen LogP contribution is 2.46. The van der Waals surface area contributed by atoms with Crippen LogP contribution < -0.4 is 9.64 Å². The maximum atomic E-state index is 12.1. The fourth-order valence-electron chi connectivity index (χ4n) is 5.25. The molecular weight excluding hydrogens is 559 g/mol. The van der Waals surface area contributed by atoms with Crippen molar-refractivity contribution in [1.82, 2.24) is 15.0 Å². The number of halogens is 2. The minimum absolute atomic E-state index is 0.210. The van der Waals surface area contributed by atoms with E-state index in [1.54, 1.807) is 24.5 Å². The van der Waals surface area contributed by atoms with Crippen molar-refractivity contribution in [3.63, 3.8) is 0 Å². The number of nitrogens with zero attached hydrogens (tertiary/aromatic N) is 4. The zero-order valence-corrected chi connectivity index (χ0v) is 24.2. The lowest BCUT2D eigenvalue weighted by Gasteiger charge is -2.39. The normalized spacial score (nSPS) is 18.1. The molecule has 4 aromatic rings. The Morgan fingerprint density at radius 1 is 1.18 bits per heavy atom. The number of rotatable bonds is 7. The third-order valence-corrected chi connectivity index (χ3v) is 9.06. The van der Waals surface area contributed by atoms with Crippen molar-refractivity contribution >= 4 is 55.9 Å². The molecule has 0 radical (unpaired) electrons. The van der Waals surface area contributed by atoms with E-state index in [1.165, 1.54) is 7.11 Å². The number of benzene rings is 2.